The van der Waals surface area contributed by atoms with Gasteiger partial charge in [0.05, 0.1) is 11.4 Å². The van der Waals surface area contributed by atoms with Crippen LogP contribution >= 0.6 is 0 Å². The van der Waals surface area contributed by atoms with Gasteiger partial charge in [-0.05, 0) is 36.3 Å². The van der Waals surface area contributed by atoms with Gasteiger partial charge in [-0.2, -0.15) is 0 Å². The number of rotatable bonds is 1. The Morgan fingerprint density at radius 3 is 2.71 bits per heavy atom. The molecule has 5 rings (SSSR count). The van der Waals surface area contributed by atoms with Crippen LogP contribution in [0.25, 0.3) is 11.3 Å². The molecule has 1 heterocycles. The van der Waals surface area contributed by atoms with Crippen LogP contribution in [0.15, 0.2) is 24.3 Å². The van der Waals surface area contributed by atoms with Gasteiger partial charge in [0, 0.05) is 17.0 Å². The van der Waals surface area contributed by atoms with Crippen LogP contribution in [0, 0.1) is 11.3 Å². The van der Waals surface area contributed by atoms with Gasteiger partial charge in [-0.3, -0.25) is 0 Å². The maximum absolute atomic E-state index is 10.1. The molecule has 2 atom stereocenters. The van der Waals surface area contributed by atoms with E-state index in [-0.39, 0.29) is 5.75 Å². The van der Waals surface area contributed by atoms with Crippen LogP contribution in [-0.4, -0.2) is 15.1 Å². The normalized spacial score (nSPS) is 25.0. The number of nitrogens with zero attached hydrogens (tertiary/aromatic N) is 2. The van der Waals surface area contributed by atoms with Crippen molar-refractivity contribution in [3.63, 3.8) is 0 Å². The molecule has 3 N–H and O–H groups in total. The number of benzene rings is 1. The van der Waals surface area contributed by atoms with Crippen molar-refractivity contribution in [2.24, 2.45) is 11.3 Å². The topological polar surface area (TPSA) is 72.0 Å². The molecule has 0 spiro atoms. The lowest BCUT2D eigenvalue weighted by Gasteiger charge is -2.56. The monoisotopic (exact) mass is 281 g/mol. The van der Waals surface area contributed by atoms with E-state index < -0.39 is 0 Å². The van der Waals surface area contributed by atoms with Crippen LogP contribution in [0.2, 0.25) is 0 Å². The minimum atomic E-state index is 0.247. The summed E-state index contributed by atoms with van der Waals surface area (Å²) in [5.74, 6) is 1.68. The first-order valence-electron chi connectivity index (χ1n) is 7.43. The minimum Gasteiger partial charge on any atom is -0.507 e. The van der Waals surface area contributed by atoms with Gasteiger partial charge in [-0.1, -0.05) is 26.0 Å². The Balaban J connectivity index is 1.94. The van der Waals surface area contributed by atoms with Gasteiger partial charge in [0.25, 0.3) is 0 Å². The van der Waals surface area contributed by atoms with E-state index in [4.69, 9.17) is 5.73 Å². The standard InChI is InChI=1S/C17H19N3O/c1-17(2)9-7-11-14(10-5-3-4-6-13(10)21)19-16(18)20-15(11)12(17)8-9/h3-6,9,12,21H,7-8H2,1-2H3,(H2,18,19,20). The fourth-order valence-electron chi connectivity index (χ4n) is 3.98. The van der Waals surface area contributed by atoms with Gasteiger partial charge in [0.15, 0.2) is 0 Å². The van der Waals surface area contributed by atoms with Gasteiger partial charge in [-0.15, -0.1) is 0 Å². The van der Waals surface area contributed by atoms with E-state index in [0.29, 0.717) is 23.2 Å². The fraction of sp³-hybridized carbons (Fsp3) is 0.412. The average molecular weight is 281 g/mol. The molecule has 0 saturated heterocycles. The van der Waals surface area contributed by atoms with Crippen molar-refractivity contribution < 1.29 is 5.11 Å². The predicted octanol–water partition coefficient (Wildman–Crippen LogP) is 3.12. The van der Waals surface area contributed by atoms with Gasteiger partial charge < -0.3 is 10.8 Å². The zero-order valence-corrected chi connectivity index (χ0v) is 12.3. The molecular formula is C17H19N3O. The number of aromatic hydroxyl groups is 1. The second-order valence-electron chi connectivity index (χ2n) is 6.82. The number of para-hydroxylation sites is 1. The van der Waals surface area contributed by atoms with Crippen LogP contribution in [0.4, 0.5) is 5.95 Å². The molecule has 4 nitrogen and oxygen atoms in total. The lowest BCUT2D eigenvalue weighted by Crippen LogP contribution is -2.48. The molecule has 2 unspecified atom stereocenters. The number of nitrogens with two attached hydrogens (primary N) is 1. The fourth-order valence-corrected chi connectivity index (χ4v) is 3.98. The van der Waals surface area contributed by atoms with Gasteiger partial charge in [0.1, 0.15) is 5.75 Å². The summed E-state index contributed by atoms with van der Waals surface area (Å²) in [5.41, 5.74) is 10.1. The molecule has 1 fully saturated rings. The number of anilines is 1. The molecule has 1 aromatic heterocycles. The highest BCUT2D eigenvalue weighted by atomic mass is 16.3. The van der Waals surface area contributed by atoms with Crippen LogP contribution in [-0.2, 0) is 6.42 Å². The van der Waals surface area contributed by atoms with Crippen LogP contribution in [0.3, 0.4) is 0 Å². The number of hydrogen-bond donors (Lipinski definition) is 2. The Labute approximate surface area is 124 Å². The first kappa shape index (κ1) is 12.6. The molecule has 4 heteroatoms. The minimum absolute atomic E-state index is 0.247. The molecule has 1 aromatic carbocycles. The van der Waals surface area contributed by atoms with Crippen molar-refractivity contribution in [2.75, 3.05) is 5.73 Å². The van der Waals surface area contributed by atoms with E-state index >= 15 is 0 Å². The first-order chi connectivity index (χ1) is 9.98. The van der Waals surface area contributed by atoms with E-state index in [1.807, 2.05) is 18.2 Å². The molecular weight excluding hydrogens is 262 g/mol. The van der Waals surface area contributed by atoms with E-state index in [0.717, 1.165) is 23.4 Å². The molecule has 2 aromatic rings. The largest absolute Gasteiger partial charge is 0.507 e. The second kappa shape index (κ2) is 3.97. The quantitative estimate of drug-likeness (QED) is 0.842. The molecule has 0 amide bonds. The Hall–Kier alpha value is -2.10. The van der Waals surface area contributed by atoms with Gasteiger partial charge >= 0.3 is 0 Å². The Kier molecular flexibility index (Phi) is 2.39. The Bertz CT molecular complexity index is 739. The molecule has 21 heavy (non-hydrogen) atoms. The molecule has 2 bridgehead atoms. The van der Waals surface area contributed by atoms with E-state index in [2.05, 4.69) is 23.8 Å². The van der Waals surface area contributed by atoms with Crippen molar-refractivity contribution in [1.29, 1.82) is 0 Å². The van der Waals surface area contributed by atoms with Crippen molar-refractivity contribution in [2.45, 2.75) is 32.6 Å². The third kappa shape index (κ3) is 1.62. The van der Waals surface area contributed by atoms with E-state index in [9.17, 15) is 5.11 Å². The molecule has 0 radical (unpaired) electrons. The summed E-state index contributed by atoms with van der Waals surface area (Å²) in [5, 5.41) is 10.1. The number of aromatic nitrogens is 2. The summed E-state index contributed by atoms with van der Waals surface area (Å²) in [6.07, 6.45) is 2.17. The molecule has 3 aliphatic carbocycles. The summed E-state index contributed by atoms with van der Waals surface area (Å²) in [6, 6.07) is 7.31. The summed E-state index contributed by atoms with van der Waals surface area (Å²) in [7, 11) is 0. The van der Waals surface area contributed by atoms with Crippen molar-refractivity contribution in [3.05, 3.63) is 35.5 Å². The number of hydrogen-bond acceptors (Lipinski definition) is 4. The highest BCUT2D eigenvalue weighted by Gasteiger charge is 2.54. The van der Waals surface area contributed by atoms with Gasteiger partial charge in [-0.25, -0.2) is 9.97 Å². The summed E-state index contributed by atoms with van der Waals surface area (Å²) in [6.45, 7) is 4.62. The first-order valence-corrected chi connectivity index (χ1v) is 7.43. The predicted molar refractivity (Wildman–Crippen MR) is 81.9 cm³/mol. The maximum Gasteiger partial charge on any atom is 0.220 e. The lowest BCUT2D eigenvalue weighted by atomic mass is 9.48. The Morgan fingerprint density at radius 1 is 1.24 bits per heavy atom. The smallest absolute Gasteiger partial charge is 0.220 e. The molecule has 3 aliphatic rings. The van der Waals surface area contributed by atoms with Crippen molar-refractivity contribution in [3.8, 4) is 17.0 Å². The van der Waals surface area contributed by atoms with Crippen LogP contribution in [0.5, 0.6) is 5.75 Å². The zero-order chi connectivity index (χ0) is 14.8. The third-order valence-corrected chi connectivity index (χ3v) is 5.47. The zero-order valence-electron chi connectivity index (χ0n) is 12.3. The van der Waals surface area contributed by atoms with E-state index in [1.165, 1.54) is 12.0 Å². The highest BCUT2D eigenvalue weighted by molar-refractivity contribution is 5.72. The molecule has 1 saturated carbocycles. The molecule has 0 aliphatic heterocycles. The van der Waals surface area contributed by atoms with E-state index in [1.54, 1.807) is 6.07 Å². The Morgan fingerprint density at radius 2 is 2.00 bits per heavy atom. The van der Waals surface area contributed by atoms with Crippen LogP contribution in [0.1, 0.15) is 37.4 Å². The summed E-state index contributed by atoms with van der Waals surface area (Å²) in [4.78, 5) is 8.96. The van der Waals surface area contributed by atoms with Crippen molar-refractivity contribution in [1.82, 2.24) is 9.97 Å². The number of nitrogen functional groups attached to an aromatic ring is 1. The number of phenolic OH excluding ortho intramolecular Hbond substituents is 1. The maximum atomic E-state index is 10.1. The summed E-state index contributed by atoms with van der Waals surface area (Å²) < 4.78 is 0. The summed E-state index contributed by atoms with van der Waals surface area (Å²) >= 11 is 0. The molecule has 108 valence electrons. The average Bonchev–Trinajstić information content (AvgIpc) is 2.46. The lowest BCUT2D eigenvalue weighted by molar-refractivity contribution is 0.0156. The van der Waals surface area contributed by atoms with Gasteiger partial charge in [0.2, 0.25) is 5.95 Å². The third-order valence-electron chi connectivity index (χ3n) is 5.47. The number of phenols is 1. The SMILES string of the molecule is CC1(C)C2Cc3c(-c4ccccc4O)nc(N)nc3C1C2. The van der Waals surface area contributed by atoms with Crippen molar-refractivity contribution >= 4 is 5.95 Å². The highest BCUT2D eigenvalue weighted by Crippen LogP contribution is 2.62. The second-order valence-corrected chi connectivity index (χ2v) is 6.82. The van der Waals surface area contributed by atoms with Crippen LogP contribution < -0.4 is 5.73 Å².